The molecule has 1 nitrogen and oxygen atoms in total. The molecule has 2 atom stereocenters. The van der Waals surface area contributed by atoms with Crippen LogP contribution in [0.25, 0.3) is 0 Å². The number of rotatable bonds is 3. The third kappa shape index (κ3) is 3.48. The van der Waals surface area contributed by atoms with E-state index in [0.29, 0.717) is 6.04 Å². The molecule has 96 valence electrons. The molecule has 0 radical (unpaired) electrons. The van der Waals surface area contributed by atoms with Gasteiger partial charge in [0.05, 0.1) is 0 Å². The van der Waals surface area contributed by atoms with Crippen molar-refractivity contribution in [1.29, 1.82) is 0 Å². The quantitative estimate of drug-likeness (QED) is 0.696. The Bertz CT molecular complexity index is 178. The van der Waals surface area contributed by atoms with Gasteiger partial charge in [-0.3, -0.25) is 4.90 Å². The van der Waals surface area contributed by atoms with Crippen molar-refractivity contribution >= 4 is 0 Å². The second-order valence-corrected chi connectivity index (χ2v) is 6.51. The predicted molar refractivity (Wildman–Crippen MR) is 72.6 cm³/mol. The topological polar surface area (TPSA) is 3.24 Å². The van der Waals surface area contributed by atoms with Crippen LogP contribution in [0.2, 0.25) is 0 Å². The molecule has 1 rings (SSSR count). The summed E-state index contributed by atoms with van der Waals surface area (Å²) in [5.41, 5.74) is 0. The van der Waals surface area contributed by atoms with Crippen molar-refractivity contribution in [2.24, 2.45) is 17.8 Å². The average molecular weight is 225 g/mol. The summed E-state index contributed by atoms with van der Waals surface area (Å²) >= 11 is 0. The maximum atomic E-state index is 2.74. The summed E-state index contributed by atoms with van der Waals surface area (Å²) in [6.07, 6.45) is 4.24. The zero-order valence-electron chi connectivity index (χ0n) is 12.2. The van der Waals surface area contributed by atoms with Gasteiger partial charge in [0.1, 0.15) is 0 Å². The third-order valence-corrected chi connectivity index (χ3v) is 4.39. The zero-order valence-corrected chi connectivity index (χ0v) is 12.2. The highest BCUT2D eigenvalue weighted by Gasteiger charge is 2.29. The van der Waals surface area contributed by atoms with E-state index < -0.39 is 0 Å². The summed E-state index contributed by atoms with van der Waals surface area (Å²) in [7, 11) is 0. The van der Waals surface area contributed by atoms with Gasteiger partial charge >= 0.3 is 0 Å². The second kappa shape index (κ2) is 6.05. The van der Waals surface area contributed by atoms with Gasteiger partial charge in [-0.05, 0) is 57.4 Å². The lowest BCUT2D eigenvalue weighted by molar-refractivity contribution is 0.120. The van der Waals surface area contributed by atoms with Crippen LogP contribution in [0.4, 0.5) is 0 Å². The smallest absolute Gasteiger partial charge is 0.0121 e. The molecular formula is C15H31N. The molecule has 0 bridgehead atoms. The largest absolute Gasteiger partial charge is 0.298 e. The first-order valence-corrected chi connectivity index (χ1v) is 7.19. The van der Waals surface area contributed by atoms with E-state index in [0.717, 1.165) is 23.8 Å². The molecule has 1 aliphatic heterocycles. The first-order valence-electron chi connectivity index (χ1n) is 7.19. The maximum Gasteiger partial charge on any atom is 0.0121 e. The van der Waals surface area contributed by atoms with Gasteiger partial charge in [0.15, 0.2) is 0 Å². The maximum absolute atomic E-state index is 2.74. The molecule has 0 aromatic heterocycles. The number of hydrogen-bond donors (Lipinski definition) is 0. The van der Waals surface area contributed by atoms with Gasteiger partial charge in [0, 0.05) is 12.1 Å². The first kappa shape index (κ1) is 14.0. The molecule has 0 aliphatic carbocycles. The average Bonchev–Trinajstić information content (AvgIpc) is 2.38. The summed E-state index contributed by atoms with van der Waals surface area (Å²) in [6, 6.07) is 1.52. The highest BCUT2D eigenvalue weighted by atomic mass is 15.2. The highest BCUT2D eigenvalue weighted by molar-refractivity contribution is 4.83. The van der Waals surface area contributed by atoms with Crippen LogP contribution in [0.3, 0.4) is 0 Å². The lowest BCUT2D eigenvalue weighted by Gasteiger charge is -2.36. The minimum atomic E-state index is 0.707. The van der Waals surface area contributed by atoms with E-state index in [1.165, 1.54) is 25.8 Å². The van der Waals surface area contributed by atoms with Crippen molar-refractivity contribution < 1.29 is 0 Å². The summed E-state index contributed by atoms with van der Waals surface area (Å²) in [4.78, 5) is 2.74. The number of likely N-dealkylation sites (tertiary alicyclic amines) is 1. The summed E-state index contributed by atoms with van der Waals surface area (Å²) in [5.74, 6) is 2.61. The molecule has 1 saturated heterocycles. The van der Waals surface area contributed by atoms with Crippen LogP contribution in [0.5, 0.6) is 0 Å². The summed E-state index contributed by atoms with van der Waals surface area (Å²) in [6.45, 7) is 15.6. The Hall–Kier alpha value is -0.0400. The van der Waals surface area contributed by atoms with Crippen molar-refractivity contribution in [2.45, 2.75) is 72.9 Å². The van der Waals surface area contributed by atoms with E-state index in [2.05, 4.69) is 46.4 Å². The van der Waals surface area contributed by atoms with E-state index in [1.54, 1.807) is 0 Å². The molecule has 0 N–H and O–H groups in total. The molecule has 1 fully saturated rings. The molecule has 0 aromatic rings. The van der Waals surface area contributed by atoms with Gasteiger partial charge in [0.2, 0.25) is 0 Å². The van der Waals surface area contributed by atoms with Crippen LogP contribution < -0.4 is 0 Å². The number of hydrogen-bond acceptors (Lipinski definition) is 1. The molecule has 1 aliphatic rings. The van der Waals surface area contributed by atoms with Crippen molar-refractivity contribution in [3.63, 3.8) is 0 Å². The standard InChI is InChI=1S/C15H31N/c1-11(2)14-7-8-15(12(3)4)16(10-9-14)13(5)6/h11-15H,7-10H2,1-6H3. The Labute approximate surface area is 103 Å². The van der Waals surface area contributed by atoms with Crippen LogP contribution in [-0.4, -0.2) is 23.5 Å². The van der Waals surface area contributed by atoms with E-state index in [9.17, 15) is 0 Å². The van der Waals surface area contributed by atoms with E-state index in [1.807, 2.05) is 0 Å². The molecular weight excluding hydrogens is 194 g/mol. The number of nitrogens with zero attached hydrogens (tertiary/aromatic N) is 1. The third-order valence-electron chi connectivity index (χ3n) is 4.39. The van der Waals surface area contributed by atoms with E-state index in [-0.39, 0.29) is 0 Å². The SMILES string of the molecule is CC(C)C1CCC(C(C)C)N(C(C)C)CC1. The summed E-state index contributed by atoms with van der Waals surface area (Å²) < 4.78 is 0. The van der Waals surface area contributed by atoms with Gasteiger partial charge in [0.25, 0.3) is 0 Å². The second-order valence-electron chi connectivity index (χ2n) is 6.51. The lowest BCUT2D eigenvalue weighted by atomic mass is 9.87. The molecule has 0 amide bonds. The van der Waals surface area contributed by atoms with Crippen LogP contribution >= 0.6 is 0 Å². The molecule has 0 aromatic carbocycles. The van der Waals surface area contributed by atoms with Crippen LogP contribution in [0.1, 0.15) is 60.8 Å². The van der Waals surface area contributed by atoms with Gasteiger partial charge in [-0.25, -0.2) is 0 Å². The molecule has 0 spiro atoms. The van der Waals surface area contributed by atoms with E-state index >= 15 is 0 Å². The van der Waals surface area contributed by atoms with Crippen LogP contribution in [-0.2, 0) is 0 Å². The monoisotopic (exact) mass is 225 g/mol. The summed E-state index contributed by atoms with van der Waals surface area (Å²) in [5, 5.41) is 0. The van der Waals surface area contributed by atoms with Crippen LogP contribution in [0.15, 0.2) is 0 Å². The van der Waals surface area contributed by atoms with Crippen molar-refractivity contribution in [3.05, 3.63) is 0 Å². The predicted octanol–water partition coefficient (Wildman–Crippen LogP) is 4.18. The van der Waals surface area contributed by atoms with Gasteiger partial charge in [-0.15, -0.1) is 0 Å². The highest BCUT2D eigenvalue weighted by Crippen LogP contribution is 2.31. The lowest BCUT2D eigenvalue weighted by Crippen LogP contribution is -2.42. The Kier molecular flexibility index (Phi) is 5.30. The van der Waals surface area contributed by atoms with Crippen molar-refractivity contribution in [2.75, 3.05) is 6.54 Å². The Balaban J connectivity index is 2.69. The molecule has 1 heteroatoms. The van der Waals surface area contributed by atoms with Gasteiger partial charge in [-0.1, -0.05) is 27.7 Å². The molecule has 0 saturated carbocycles. The fourth-order valence-electron chi connectivity index (χ4n) is 3.20. The van der Waals surface area contributed by atoms with Gasteiger partial charge < -0.3 is 0 Å². The zero-order chi connectivity index (χ0) is 12.3. The Morgan fingerprint density at radius 1 is 0.812 bits per heavy atom. The van der Waals surface area contributed by atoms with Crippen molar-refractivity contribution in [3.8, 4) is 0 Å². The normalized spacial score (nSPS) is 29.1. The van der Waals surface area contributed by atoms with E-state index in [4.69, 9.17) is 0 Å². The van der Waals surface area contributed by atoms with Gasteiger partial charge in [-0.2, -0.15) is 0 Å². The minimum absolute atomic E-state index is 0.707. The first-order chi connectivity index (χ1) is 7.43. The Morgan fingerprint density at radius 3 is 1.88 bits per heavy atom. The molecule has 16 heavy (non-hydrogen) atoms. The molecule has 1 heterocycles. The Morgan fingerprint density at radius 2 is 1.44 bits per heavy atom. The fourth-order valence-corrected chi connectivity index (χ4v) is 3.20. The fraction of sp³-hybridized carbons (Fsp3) is 1.00. The van der Waals surface area contributed by atoms with Crippen molar-refractivity contribution in [1.82, 2.24) is 4.90 Å². The molecule has 2 unspecified atom stereocenters. The van der Waals surface area contributed by atoms with Crippen LogP contribution in [0, 0.1) is 17.8 Å². The minimum Gasteiger partial charge on any atom is -0.298 e.